The molecule has 0 saturated heterocycles. The number of thiazole rings is 1. The highest BCUT2D eigenvalue weighted by molar-refractivity contribution is 7.13. The second-order valence-corrected chi connectivity index (χ2v) is 6.90. The SMILES string of the molecule is CCc1ccc(-c2nc(CC(=O)Nc3ccccc3C(=O)NC)cs2)cc1. The molecule has 0 aliphatic heterocycles. The number of aromatic nitrogens is 1. The Kier molecular flexibility index (Phi) is 5.98. The van der Waals surface area contributed by atoms with Crippen molar-refractivity contribution in [3.05, 3.63) is 70.7 Å². The summed E-state index contributed by atoms with van der Waals surface area (Å²) in [5, 5.41) is 8.17. The van der Waals surface area contributed by atoms with Crippen molar-refractivity contribution in [1.29, 1.82) is 0 Å². The van der Waals surface area contributed by atoms with Gasteiger partial charge >= 0.3 is 0 Å². The molecule has 0 atom stereocenters. The van der Waals surface area contributed by atoms with Crippen LogP contribution in [0.25, 0.3) is 10.6 Å². The molecular formula is C21H21N3O2S. The van der Waals surface area contributed by atoms with Gasteiger partial charge in [-0.05, 0) is 24.1 Å². The molecule has 27 heavy (non-hydrogen) atoms. The van der Waals surface area contributed by atoms with Crippen molar-refractivity contribution in [2.45, 2.75) is 19.8 Å². The predicted octanol–water partition coefficient (Wildman–Crippen LogP) is 3.91. The molecule has 0 spiro atoms. The molecule has 5 nitrogen and oxygen atoms in total. The Morgan fingerprint density at radius 1 is 1.07 bits per heavy atom. The molecule has 6 heteroatoms. The molecule has 3 aromatic rings. The highest BCUT2D eigenvalue weighted by Gasteiger charge is 2.13. The molecule has 2 amide bonds. The maximum Gasteiger partial charge on any atom is 0.253 e. The number of nitrogens with zero attached hydrogens (tertiary/aromatic N) is 1. The average molecular weight is 379 g/mol. The van der Waals surface area contributed by atoms with Gasteiger partial charge in [-0.3, -0.25) is 9.59 Å². The summed E-state index contributed by atoms with van der Waals surface area (Å²) < 4.78 is 0. The first-order chi connectivity index (χ1) is 13.1. The van der Waals surface area contributed by atoms with Gasteiger partial charge in [0.1, 0.15) is 5.01 Å². The number of anilines is 1. The highest BCUT2D eigenvalue weighted by Crippen LogP contribution is 2.24. The zero-order chi connectivity index (χ0) is 19.2. The van der Waals surface area contributed by atoms with E-state index in [1.165, 1.54) is 16.9 Å². The fourth-order valence-electron chi connectivity index (χ4n) is 2.69. The van der Waals surface area contributed by atoms with Gasteiger partial charge in [-0.25, -0.2) is 4.98 Å². The molecule has 0 radical (unpaired) electrons. The van der Waals surface area contributed by atoms with Crippen LogP contribution in [0.1, 0.15) is 28.5 Å². The molecule has 0 unspecified atom stereocenters. The summed E-state index contributed by atoms with van der Waals surface area (Å²) in [7, 11) is 1.56. The third kappa shape index (κ3) is 4.60. The normalized spacial score (nSPS) is 10.4. The third-order valence-electron chi connectivity index (χ3n) is 4.18. The van der Waals surface area contributed by atoms with E-state index in [4.69, 9.17) is 0 Å². The molecule has 3 rings (SSSR count). The lowest BCUT2D eigenvalue weighted by molar-refractivity contribution is -0.115. The van der Waals surface area contributed by atoms with Crippen LogP contribution >= 0.6 is 11.3 Å². The van der Waals surface area contributed by atoms with Crippen molar-refractivity contribution in [3.63, 3.8) is 0 Å². The molecule has 0 aliphatic carbocycles. The van der Waals surface area contributed by atoms with E-state index >= 15 is 0 Å². The Hall–Kier alpha value is -2.99. The van der Waals surface area contributed by atoms with Crippen molar-refractivity contribution < 1.29 is 9.59 Å². The Morgan fingerprint density at radius 2 is 1.81 bits per heavy atom. The van der Waals surface area contributed by atoms with Gasteiger partial charge in [0, 0.05) is 18.0 Å². The number of amides is 2. The van der Waals surface area contributed by atoms with E-state index in [2.05, 4.69) is 46.8 Å². The minimum absolute atomic E-state index is 0.158. The zero-order valence-electron chi connectivity index (χ0n) is 15.3. The molecule has 2 N–H and O–H groups in total. The van der Waals surface area contributed by atoms with Gasteiger partial charge in [-0.1, -0.05) is 43.3 Å². The fraction of sp³-hybridized carbons (Fsp3) is 0.190. The van der Waals surface area contributed by atoms with Crippen LogP contribution in [0.5, 0.6) is 0 Å². The number of rotatable bonds is 6. The third-order valence-corrected chi connectivity index (χ3v) is 5.12. The summed E-state index contributed by atoms with van der Waals surface area (Å²) in [6.45, 7) is 2.12. The number of para-hydroxylation sites is 1. The standard InChI is InChI=1S/C21H21N3O2S/c1-3-14-8-10-15(11-9-14)21-23-16(13-27-21)12-19(25)24-18-7-5-4-6-17(18)20(26)22-2/h4-11,13H,3,12H2,1-2H3,(H,22,26)(H,24,25). The highest BCUT2D eigenvalue weighted by atomic mass is 32.1. The summed E-state index contributed by atoms with van der Waals surface area (Å²) in [6, 6.07) is 15.2. The second kappa shape index (κ2) is 8.60. The maximum atomic E-state index is 12.4. The smallest absolute Gasteiger partial charge is 0.253 e. The lowest BCUT2D eigenvalue weighted by Gasteiger charge is -2.09. The van der Waals surface area contributed by atoms with Gasteiger partial charge in [-0.15, -0.1) is 11.3 Å². The molecule has 2 aromatic carbocycles. The topological polar surface area (TPSA) is 71.1 Å². The van der Waals surface area contributed by atoms with Gasteiger partial charge in [0.2, 0.25) is 5.91 Å². The molecule has 1 heterocycles. The Labute approximate surface area is 162 Å². The number of aryl methyl sites for hydroxylation is 1. The number of hydrogen-bond donors (Lipinski definition) is 2. The van der Waals surface area contributed by atoms with Crippen molar-refractivity contribution in [3.8, 4) is 10.6 Å². The van der Waals surface area contributed by atoms with Crippen molar-refractivity contribution in [1.82, 2.24) is 10.3 Å². The number of nitrogens with one attached hydrogen (secondary N) is 2. The van der Waals surface area contributed by atoms with Crippen molar-refractivity contribution in [2.24, 2.45) is 0 Å². The Bertz CT molecular complexity index is 948. The Balaban J connectivity index is 1.69. The van der Waals surface area contributed by atoms with Crippen LogP contribution in [0.4, 0.5) is 5.69 Å². The van der Waals surface area contributed by atoms with Gasteiger partial charge in [0.05, 0.1) is 23.4 Å². The van der Waals surface area contributed by atoms with E-state index in [1.807, 2.05) is 5.38 Å². The summed E-state index contributed by atoms with van der Waals surface area (Å²) >= 11 is 1.52. The van der Waals surface area contributed by atoms with E-state index in [1.54, 1.807) is 31.3 Å². The lowest BCUT2D eigenvalue weighted by atomic mass is 10.1. The quantitative estimate of drug-likeness (QED) is 0.682. The van der Waals surface area contributed by atoms with Crippen LogP contribution in [0.3, 0.4) is 0 Å². The van der Waals surface area contributed by atoms with Gasteiger partial charge in [0.15, 0.2) is 0 Å². The first-order valence-corrected chi connectivity index (χ1v) is 9.63. The van der Waals surface area contributed by atoms with E-state index in [0.717, 1.165) is 17.0 Å². The van der Waals surface area contributed by atoms with E-state index in [-0.39, 0.29) is 18.2 Å². The molecular weight excluding hydrogens is 358 g/mol. The number of hydrogen-bond acceptors (Lipinski definition) is 4. The van der Waals surface area contributed by atoms with Crippen LogP contribution in [0.15, 0.2) is 53.9 Å². The van der Waals surface area contributed by atoms with Crippen molar-refractivity contribution >= 4 is 28.8 Å². The largest absolute Gasteiger partial charge is 0.355 e. The summed E-state index contributed by atoms with van der Waals surface area (Å²) in [4.78, 5) is 28.9. The average Bonchev–Trinajstić information content (AvgIpc) is 3.16. The number of benzene rings is 2. The number of carbonyl (C=O) groups is 2. The summed E-state index contributed by atoms with van der Waals surface area (Å²) in [5.74, 6) is -0.443. The monoisotopic (exact) mass is 379 g/mol. The van der Waals surface area contributed by atoms with Gasteiger partial charge < -0.3 is 10.6 Å². The first kappa shape index (κ1) is 18.8. The number of carbonyl (C=O) groups excluding carboxylic acids is 2. The summed E-state index contributed by atoms with van der Waals surface area (Å²) in [6.07, 6.45) is 1.16. The molecule has 0 saturated carbocycles. The van der Waals surface area contributed by atoms with Crippen LogP contribution in [0, 0.1) is 0 Å². The van der Waals surface area contributed by atoms with E-state index in [0.29, 0.717) is 16.9 Å². The van der Waals surface area contributed by atoms with Gasteiger partial charge in [-0.2, -0.15) is 0 Å². The second-order valence-electron chi connectivity index (χ2n) is 6.04. The Morgan fingerprint density at radius 3 is 2.52 bits per heavy atom. The summed E-state index contributed by atoms with van der Waals surface area (Å²) in [5.41, 5.74) is 3.97. The van der Waals surface area contributed by atoms with Crippen LogP contribution in [0.2, 0.25) is 0 Å². The zero-order valence-corrected chi connectivity index (χ0v) is 16.1. The van der Waals surface area contributed by atoms with Crippen molar-refractivity contribution in [2.75, 3.05) is 12.4 Å². The molecule has 1 aromatic heterocycles. The first-order valence-electron chi connectivity index (χ1n) is 8.75. The molecule has 0 bridgehead atoms. The maximum absolute atomic E-state index is 12.4. The molecule has 0 aliphatic rings. The van der Waals surface area contributed by atoms with E-state index < -0.39 is 0 Å². The van der Waals surface area contributed by atoms with E-state index in [9.17, 15) is 9.59 Å². The molecule has 138 valence electrons. The molecule has 0 fully saturated rings. The van der Waals surface area contributed by atoms with Crippen LogP contribution in [-0.4, -0.2) is 23.8 Å². The predicted molar refractivity (Wildman–Crippen MR) is 109 cm³/mol. The van der Waals surface area contributed by atoms with Crippen LogP contribution in [-0.2, 0) is 17.6 Å². The fourth-order valence-corrected chi connectivity index (χ4v) is 3.51. The van der Waals surface area contributed by atoms with Gasteiger partial charge in [0.25, 0.3) is 5.91 Å². The lowest BCUT2D eigenvalue weighted by Crippen LogP contribution is -2.22. The minimum Gasteiger partial charge on any atom is -0.355 e. The minimum atomic E-state index is -0.239. The van der Waals surface area contributed by atoms with Crippen LogP contribution < -0.4 is 10.6 Å².